The molecule has 1 aliphatic carbocycles. The zero-order chi connectivity index (χ0) is 12.3. The number of anilines is 1. The van der Waals surface area contributed by atoms with E-state index in [1.807, 2.05) is 6.07 Å². The second kappa shape index (κ2) is 4.91. The van der Waals surface area contributed by atoms with Gasteiger partial charge in [-0.25, -0.2) is 4.98 Å². The van der Waals surface area contributed by atoms with Crippen LogP contribution in [0.3, 0.4) is 0 Å². The summed E-state index contributed by atoms with van der Waals surface area (Å²) in [5, 5.41) is 21.9. The van der Waals surface area contributed by atoms with Crippen LogP contribution < -0.4 is 5.32 Å². The van der Waals surface area contributed by atoms with Gasteiger partial charge in [-0.05, 0) is 18.9 Å². The summed E-state index contributed by atoms with van der Waals surface area (Å²) in [7, 11) is 0. The Balaban J connectivity index is 2.27. The van der Waals surface area contributed by atoms with Crippen molar-refractivity contribution in [3.8, 4) is 6.07 Å². The molecular weight excluding hydrogens is 238 g/mol. The van der Waals surface area contributed by atoms with Crippen LogP contribution in [0.15, 0.2) is 12.3 Å². The van der Waals surface area contributed by atoms with E-state index in [1.165, 1.54) is 0 Å². The number of halogens is 1. The minimum atomic E-state index is -0.329. The van der Waals surface area contributed by atoms with Crippen LogP contribution in [0.4, 0.5) is 5.82 Å². The summed E-state index contributed by atoms with van der Waals surface area (Å²) in [5.41, 5.74) is 0.0697. The molecule has 0 unspecified atom stereocenters. The molecule has 4 nitrogen and oxygen atoms in total. The predicted molar refractivity (Wildman–Crippen MR) is 65.9 cm³/mol. The number of hydrogen-bond donors (Lipinski definition) is 2. The fraction of sp³-hybridized carbons (Fsp3) is 0.500. The highest BCUT2D eigenvalue weighted by atomic mass is 35.5. The van der Waals surface area contributed by atoms with E-state index in [1.54, 1.807) is 12.3 Å². The van der Waals surface area contributed by atoms with Crippen molar-refractivity contribution in [3.63, 3.8) is 0 Å². The number of hydrogen-bond acceptors (Lipinski definition) is 4. The van der Waals surface area contributed by atoms with Crippen LogP contribution in [0.25, 0.3) is 0 Å². The molecule has 2 N–H and O–H groups in total. The SMILES string of the molecule is N#Cc1ccnc(NC2(CO)CCCC2)c1Cl. The quantitative estimate of drug-likeness (QED) is 0.865. The van der Waals surface area contributed by atoms with E-state index in [2.05, 4.69) is 10.3 Å². The zero-order valence-corrected chi connectivity index (χ0v) is 10.2. The second-order valence-electron chi connectivity index (χ2n) is 4.40. The fourth-order valence-electron chi connectivity index (χ4n) is 2.24. The molecule has 0 saturated heterocycles. The second-order valence-corrected chi connectivity index (χ2v) is 4.78. The van der Waals surface area contributed by atoms with E-state index < -0.39 is 0 Å². The standard InChI is InChI=1S/C12H14ClN3O/c13-10-9(7-14)3-6-15-11(10)16-12(8-17)4-1-2-5-12/h3,6,17H,1-2,4-5,8H2,(H,15,16). The lowest BCUT2D eigenvalue weighted by Crippen LogP contribution is -2.39. The van der Waals surface area contributed by atoms with Crippen molar-refractivity contribution in [2.75, 3.05) is 11.9 Å². The van der Waals surface area contributed by atoms with Gasteiger partial charge in [0.15, 0.2) is 0 Å². The molecule has 1 aromatic rings. The number of aliphatic hydroxyl groups is 1. The first-order chi connectivity index (χ1) is 8.21. The highest BCUT2D eigenvalue weighted by Gasteiger charge is 2.34. The summed E-state index contributed by atoms with van der Waals surface area (Å²) in [5.74, 6) is 0.488. The molecule has 2 rings (SSSR count). The van der Waals surface area contributed by atoms with Crippen LogP contribution in [-0.2, 0) is 0 Å². The molecule has 0 amide bonds. The van der Waals surface area contributed by atoms with Gasteiger partial charge in [-0.3, -0.25) is 0 Å². The molecule has 1 saturated carbocycles. The van der Waals surface area contributed by atoms with Crippen molar-refractivity contribution >= 4 is 17.4 Å². The van der Waals surface area contributed by atoms with E-state index >= 15 is 0 Å². The summed E-state index contributed by atoms with van der Waals surface area (Å²) in [6, 6.07) is 3.59. The molecule has 0 radical (unpaired) electrons. The molecule has 0 atom stereocenters. The summed E-state index contributed by atoms with van der Waals surface area (Å²) < 4.78 is 0. The number of nitrogens with zero attached hydrogens (tertiary/aromatic N) is 2. The lowest BCUT2D eigenvalue weighted by atomic mass is 9.99. The Labute approximate surface area is 105 Å². The molecule has 1 heterocycles. The van der Waals surface area contributed by atoms with Gasteiger partial charge in [0.2, 0.25) is 0 Å². The van der Waals surface area contributed by atoms with E-state index in [4.69, 9.17) is 16.9 Å². The molecule has 90 valence electrons. The maximum Gasteiger partial charge on any atom is 0.146 e. The van der Waals surface area contributed by atoms with Crippen molar-refractivity contribution in [2.45, 2.75) is 31.2 Å². The van der Waals surface area contributed by atoms with Gasteiger partial charge >= 0.3 is 0 Å². The molecule has 0 aliphatic heterocycles. The van der Waals surface area contributed by atoms with E-state index in [0.717, 1.165) is 25.7 Å². The fourth-order valence-corrected chi connectivity index (χ4v) is 2.44. The van der Waals surface area contributed by atoms with E-state index in [0.29, 0.717) is 16.4 Å². The van der Waals surface area contributed by atoms with Gasteiger partial charge in [0, 0.05) is 6.20 Å². The first-order valence-electron chi connectivity index (χ1n) is 5.64. The number of nitriles is 1. The predicted octanol–water partition coefficient (Wildman–Crippen LogP) is 2.32. The van der Waals surface area contributed by atoms with Crippen molar-refractivity contribution in [2.24, 2.45) is 0 Å². The lowest BCUT2D eigenvalue weighted by molar-refractivity contribution is 0.214. The molecule has 0 bridgehead atoms. The monoisotopic (exact) mass is 251 g/mol. The largest absolute Gasteiger partial charge is 0.394 e. The molecule has 1 aliphatic rings. The molecule has 1 fully saturated rings. The maximum atomic E-state index is 9.50. The first kappa shape index (κ1) is 12.2. The summed E-state index contributed by atoms with van der Waals surface area (Å²) >= 11 is 6.08. The van der Waals surface area contributed by atoms with Crippen LogP contribution in [0.2, 0.25) is 5.02 Å². The van der Waals surface area contributed by atoms with Crippen molar-refractivity contribution in [1.82, 2.24) is 4.98 Å². The third-order valence-electron chi connectivity index (χ3n) is 3.26. The first-order valence-corrected chi connectivity index (χ1v) is 6.02. The Bertz CT molecular complexity index is 450. The number of rotatable bonds is 3. The van der Waals surface area contributed by atoms with Crippen molar-refractivity contribution in [1.29, 1.82) is 5.26 Å². The van der Waals surface area contributed by atoms with Crippen molar-refractivity contribution < 1.29 is 5.11 Å². The minimum absolute atomic E-state index is 0.0573. The third kappa shape index (κ3) is 2.36. The summed E-state index contributed by atoms with van der Waals surface area (Å²) in [6.07, 6.45) is 5.52. The average Bonchev–Trinajstić information content (AvgIpc) is 2.81. The number of aromatic nitrogens is 1. The van der Waals surface area contributed by atoms with Crippen LogP contribution in [0.5, 0.6) is 0 Å². The van der Waals surface area contributed by atoms with Gasteiger partial charge in [-0.1, -0.05) is 24.4 Å². The van der Waals surface area contributed by atoms with Gasteiger partial charge in [-0.2, -0.15) is 5.26 Å². The minimum Gasteiger partial charge on any atom is -0.394 e. The van der Waals surface area contributed by atoms with Crippen LogP contribution >= 0.6 is 11.6 Å². The molecule has 1 aromatic heterocycles. The Hall–Kier alpha value is -1.31. The van der Waals surface area contributed by atoms with E-state index in [-0.39, 0.29) is 12.1 Å². The Morgan fingerprint density at radius 2 is 2.24 bits per heavy atom. The van der Waals surface area contributed by atoms with Gasteiger partial charge in [-0.15, -0.1) is 0 Å². The molecule has 0 aromatic carbocycles. The van der Waals surface area contributed by atoms with Crippen molar-refractivity contribution in [3.05, 3.63) is 22.8 Å². The summed E-state index contributed by atoms with van der Waals surface area (Å²) in [6.45, 7) is 0.0573. The van der Waals surface area contributed by atoms with Gasteiger partial charge in [0.05, 0.1) is 17.7 Å². The van der Waals surface area contributed by atoms with Crippen LogP contribution in [0, 0.1) is 11.3 Å². The van der Waals surface area contributed by atoms with Crippen LogP contribution in [-0.4, -0.2) is 22.2 Å². The Kier molecular flexibility index (Phi) is 3.51. The molecule has 17 heavy (non-hydrogen) atoms. The maximum absolute atomic E-state index is 9.50. The topological polar surface area (TPSA) is 68.9 Å². The number of aliphatic hydroxyl groups excluding tert-OH is 1. The van der Waals surface area contributed by atoms with Gasteiger partial charge < -0.3 is 10.4 Å². The highest BCUT2D eigenvalue weighted by Crippen LogP contribution is 2.34. The van der Waals surface area contributed by atoms with Gasteiger partial charge in [0.1, 0.15) is 16.9 Å². The average molecular weight is 252 g/mol. The smallest absolute Gasteiger partial charge is 0.146 e. The molecule has 5 heteroatoms. The summed E-state index contributed by atoms with van der Waals surface area (Å²) in [4.78, 5) is 4.14. The van der Waals surface area contributed by atoms with E-state index in [9.17, 15) is 5.11 Å². The number of pyridine rings is 1. The molecule has 0 spiro atoms. The normalized spacial score (nSPS) is 17.7. The number of nitrogens with one attached hydrogen (secondary N) is 1. The Morgan fingerprint density at radius 3 is 2.82 bits per heavy atom. The third-order valence-corrected chi connectivity index (χ3v) is 3.64. The van der Waals surface area contributed by atoms with Gasteiger partial charge in [0.25, 0.3) is 0 Å². The Morgan fingerprint density at radius 1 is 1.53 bits per heavy atom. The zero-order valence-electron chi connectivity index (χ0n) is 9.41. The van der Waals surface area contributed by atoms with Crippen LogP contribution in [0.1, 0.15) is 31.2 Å². The highest BCUT2D eigenvalue weighted by molar-refractivity contribution is 6.34. The lowest BCUT2D eigenvalue weighted by Gasteiger charge is -2.29. The molecular formula is C12H14ClN3O.